The molecule has 0 amide bonds. The third-order valence-corrected chi connectivity index (χ3v) is 4.64. The Hall–Kier alpha value is -1.86. The molecule has 0 bridgehead atoms. The van der Waals surface area contributed by atoms with Crippen molar-refractivity contribution in [3.8, 4) is 6.07 Å². The zero-order valence-corrected chi connectivity index (χ0v) is 13.6. The van der Waals surface area contributed by atoms with E-state index < -0.39 is 12.0 Å². The monoisotopic (exact) mass is 385 g/mol. The van der Waals surface area contributed by atoms with Crippen molar-refractivity contribution in [3.63, 3.8) is 0 Å². The van der Waals surface area contributed by atoms with Gasteiger partial charge in [-0.3, -0.25) is 5.10 Å². The number of hydrogen-bond donors (Lipinski definition) is 2. The lowest BCUT2D eigenvalue weighted by Crippen LogP contribution is -2.51. The fraction of sp³-hybridized carbons (Fsp3) is 0.538. The van der Waals surface area contributed by atoms with E-state index in [0.29, 0.717) is 47.5 Å². The summed E-state index contributed by atoms with van der Waals surface area (Å²) >= 11 is 3.27. The molecular weight excluding hydrogens is 372 g/mol. The van der Waals surface area contributed by atoms with Gasteiger partial charge in [0.2, 0.25) is 12.4 Å². The molecule has 23 heavy (non-hydrogen) atoms. The summed E-state index contributed by atoms with van der Waals surface area (Å²) in [6, 6.07) is 2.03. The number of alkyl halides is 2. The van der Waals surface area contributed by atoms with E-state index >= 15 is 0 Å². The molecule has 0 saturated carbocycles. The predicted molar refractivity (Wildman–Crippen MR) is 83.1 cm³/mol. The van der Waals surface area contributed by atoms with Gasteiger partial charge in [-0.1, -0.05) is 0 Å². The second-order valence-corrected chi connectivity index (χ2v) is 6.46. The summed E-state index contributed by atoms with van der Waals surface area (Å²) in [6.45, 7) is 0.927. The van der Waals surface area contributed by atoms with Gasteiger partial charge in [0.25, 0.3) is 0 Å². The minimum atomic E-state index is -2.41. The molecule has 3 N–H and O–H groups in total. The zero-order chi connectivity index (χ0) is 16.6. The SMILES string of the molecule is N#Cc1nc(N2CCC(N)(CC(F)F)CC2)nc2n[nH]c(Br)c12. The smallest absolute Gasteiger partial charge is 0.240 e. The van der Waals surface area contributed by atoms with E-state index in [4.69, 9.17) is 5.73 Å². The molecule has 0 spiro atoms. The lowest BCUT2D eigenvalue weighted by atomic mass is 9.86. The Bertz CT molecular complexity index is 762. The number of anilines is 1. The van der Waals surface area contributed by atoms with E-state index in [9.17, 15) is 14.0 Å². The lowest BCUT2D eigenvalue weighted by molar-refractivity contribution is 0.0953. The van der Waals surface area contributed by atoms with Gasteiger partial charge in [0, 0.05) is 25.0 Å². The zero-order valence-electron chi connectivity index (χ0n) is 12.1. The van der Waals surface area contributed by atoms with Gasteiger partial charge in [0.05, 0.1) is 5.39 Å². The van der Waals surface area contributed by atoms with Crippen molar-refractivity contribution in [3.05, 3.63) is 10.3 Å². The van der Waals surface area contributed by atoms with Gasteiger partial charge in [-0.25, -0.2) is 13.8 Å². The maximum atomic E-state index is 12.6. The standard InChI is InChI=1S/C13H14BrF2N7/c14-10-9-7(6-17)19-12(20-11(9)22-21-10)23-3-1-13(18,2-4-23)5-8(15)16/h8H,1-5,18H2,(H,19,20,21,22). The Labute approximate surface area is 139 Å². The van der Waals surface area contributed by atoms with Gasteiger partial charge in [-0.15, -0.1) is 0 Å². The molecule has 2 aromatic rings. The molecular formula is C13H14BrF2N7. The maximum Gasteiger partial charge on any atom is 0.240 e. The number of piperidine rings is 1. The molecule has 2 aromatic heterocycles. The minimum absolute atomic E-state index is 0.211. The van der Waals surface area contributed by atoms with Crippen molar-refractivity contribution in [2.45, 2.75) is 31.2 Å². The number of nitrogens with two attached hydrogens (primary N) is 1. The van der Waals surface area contributed by atoms with E-state index in [0.717, 1.165) is 0 Å². The van der Waals surface area contributed by atoms with Crippen LogP contribution in [0.2, 0.25) is 0 Å². The molecule has 1 aliphatic heterocycles. The van der Waals surface area contributed by atoms with Crippen LogP contribution in [0.1, 0.15) is 25.0 Å². The highest BCUT2D eigenvalue weighted by Crippen LogP contribution is 2.29. The van der Waals surface area contributed by atoms with Crippen molar-refractivity contribution in [1.82, 2.24) is 20.2 Å². The number of nitrogens with zero attached hydrogens (tertiary/aromatic N) is 5. The van der Waals surface area contributed by atoms with Crippen molar-refractivity contribution < 1.29 is 8.78 Å². The summed E-state index contributed by atoms with van der Waals surface area (Å²) in [4.78, 5) is 10.4. The molecule has 7 nitrogen and oxygen atoms in total. The fourth-order valence-corrected chi connectivity index (χ4v) is 3.22. The van der Waals surface area contributed by atoms with Crippen LogP contribution in [-0.2, 0) is 0 Å². The number of rotatable bonds is 3. The van der Waals surface area contributed by atoms with E-state index in [1.54, 1.807) is 0 Å². The van der Waals surface area contributed by atoms with Crippen LogP contribution >= 0.6 is 15.9 Å². The van der Waals surface area contributed by atoms with E-state index in [2.05, 4.69) is 36.1 Å². The van der Waals surface area contributed by atoms with Crippen molar-refractivity contribution in [2.24, 2.45) is 5.73 Å². The second-order valence-electron chi connectivity index (χ2n) is 5.66. The first-order chi connectivity index (χ1) is 10.9. The third kappa shape index (κ3) is 3.11. The molecule has 1 fully saturated rings. The van der Waals surface area contributed by atoms with Crippen molar-refractivity contribution >= 4 is 32.9 Å². The maximum absolute atomic E-state index is 12.6. The molecule has 3 rings (SSSR count). The topological polar surface area (TPSA) is 108 Å². The normalized spacial score (nSPS) is 17.7. The molecule has 0 radical (unpaired) electrons. The molecule has 0 aromatic carbocycles. The van der Waals surface area contributed by atoms with Gasteiger partial charge in [0.15, 0.2) is 11.3 Å². The van der Waals surface area contributed by atoms with Crippen LogP contribution in [0.4, 0.5) is 14.7 Å². The number of aromatic amines is 1. The van der Waals surface area contributed by atoms with Crippen molar-refractivity contribution in [2.75, 3.05) is 18.0 Å². The van der Waals surface area contributed by atoms with Crippen LogP contribution in [0.3, 0.4) is 0 Å². The molecule has 3 heterocycles. The van der Waals surface area contributed by atoms with Gasteiger partial charge < -0.3 is 10.6 Å². The first kappa shape index (κ1) is 16.0. The number of aromatic nitrogens is 4. The number of nitriles is 1. The Balaban J connectivity index is 1.84. The second kappa shape index (κ2) is 5.98. The highest BCUT2D eigenvalue weighted by Gasteiger charge is 2.34. The molecule has 10 heteroatoms. The van der Waals surface area contributed by atoms with Crippen molar-refractivity contribution in [1.29, 1.82) is 5.26 Å². The summed E-state index contributed by atoms with van der Waals surface area (Å²) < 4.78 is 25.7. The average molecular weight is 386 g/mol. The highest BCUT2D eigenvalue weighted by atomic mass is 79.9. The number of nitrogens with one attached hydrogen (secondary N) is 1. The predicted octanol–water partition coefficient (Wildman–Crippen LogP) is 1.94. The van der Waals surface area contributed by atoms with Gasteiger partial charge in [-0.2, -0.15) is 15.3 Å². The highest BCUT2D eigenvalue weighted by molar-refractivity contribution is 9.10. The van der Waals surface area contributed by atoms with E-state index in [-0.39, 0.29) is 12.1 Å². The molecule has 0 aliphatic carbocycles. The Morgan fingerprint density at radius 2 is 2.09 bits per heavy atom. The van der Waals surface area contributed by atoms with E-state index in [1.165, 1.54) is 0 Å². The number of fused-ring (bicyclic) bond motifs is 1. The molecule has 122 valence electrons. The van der Waals surface area contributed by atoms with Crippen LogP contribution in [-0.4, -0.2) is 45.2 Å². The average Bonchev–Trinajstić information content (AvgIpc) is 2.87. The first-order valence-corrected chi connectivity index (χ1v) is 7.85. The molecule has 1 saturated heterocycles. The quantitative estimate of drug-likeness (QED) is 0.835. The Morgan fingerprint density at radius 3 is 2.70 bits per heavy atom. The number of hydrogen-bond acceptors (Lipinski definition) is 6. The Morgan fingerprint density at radius 1 is 1.39 bits per heavy atom. The number of H-pyrrole nitrogens is 1. The van der Waals surface area contributed by atoms with E-state index in [1.807, 2.05) is 11.0 Å². The molecule has 0 unspecified atom stereocenters. The van der Waals surface area contributed by atoms with Gasteiger partial charge in [-0.05, 0) is 28.8 Å². The minimum Gasteiger partial charge on any atom is -0.341 e. The molecule has 0 atom stereocenters. The summed E-state index contributed by atoms with van der Waals surface area (Å²) in [5, 5.41) is 16.5. The fourth-order valence-electron chi connectivity index (χ4n) is 2.76. The summed E-state index contributed by atoms with van der Waals surface area (Å²) in [5.74, 6) is 0.368. The van der Waals surface area contributed by atoms with Crippen LogP contribution in [0.25, 0.3) is 11.0 Å². The third-order valence-electron chi connectivity index (χ3n) is 4.07. The van der Waals surface area contributed by atoms with Crippen LogP contribution in [0, 0.1) is 11.3 Å². The Kier molecular flexibility index (Phi) is 4.16. The van der Waals surface area contributed by atoms with Gasteiger partial charge >= 0.3 is 0 Å². The first-order valence-electron chi connectivity index (χ1n) is 7.05. The summed E-state index contributed by atoms with van der Waals surface area (Å²) in [7, 11) is 0. The number of halogens is 3. The van der Waals surface area contributed by atoms with Gasteiger partial charge in [0.1, 0.15) is 10.7 Å². The van der Waals surface area contributed by atoms with Crippen LogP contribution in [0.15, 0.2) is 4.60 Å². The van der Waals surface area contributed by atoms with Crippen LogP contribution < -0.4 is 10.6 Å². The summed E-state index contributed by atoms with van der Waals surface area (Å²) in [5.41, 5.74) is 5.76. The molecule has 1 aliphatic rings. The van der Waals surface area contributed by atoms with Crippen LogP contribution in [0.5, 0.6) is 0 Å². The summed E-state index contributed by atoms with van der Waals surface area (Å²) in [6.07, 6.45) is -1.88. The largest absolute Gasteiger partial charge is 0.341 e. The lowest BCUT2D eigenvalue weighted by Gasteiger charge is -2.39.